The monoisotopic (exact) mass is 421 g/mol. The topological polar surface area (TPSA) is 109 Å². The van der Waals surface area contributed by atoms with Gasteiger partial charge in [0, 0.05) is 38.8 Å². The second-order valence-corrected chi connectivity index (χ2v) is 6.80. The number of hydrogen-bond acceptors (Lipinski definition) is 6. The van der Waals surface area contributed by atoms with Crippen LogP contribution in [-0.2, 0) is 25.4 Å². The maximum Gasteiger partial charge on any atom is 0.586 e. The molecule has 1 aliphatic rings. The zero-order valence-corrected chi connectivity index (χ0v) is 16.0. The van der Waals surface area contributed by atoms with Crippen LogP contribution in [0.1, 0.15) is 12.8 Å². The Morgan fingerprint density at radius 3 is 2.67 bits per heavy atom. The number of ether oxygens (including phenoxy) is 2. The molecule has 0 saturated carbocycles. The predicted molar refractivity (Wildman–Crippen MR) is 101 cm³/mol. The molecule has 0 bridgehead atoms. The Hall–Kier alpha value is -3.70. The second-order valence-electron chi connectivity index (χ2n) is 6.80. The lowest BCUT2D eigenvalue weighted by molar-refractivity contribution is -0.286. The first-order chi connectivity index (χ1) is 14.2. The highest BCUT2D eigenvalue weighted by atomic mass is 19.3. The zero-order valence-electron chi connectivity index (χ0n) is 16.0. The van der Waals surface area contributed by atoms with Crippen molar-refractivity contribution < 1.29 is 23.0 Å². The average molecular weight is 421 g/mol. The minimum atomic E-state index is -3.72. The quantitative estimate of drug-likeness (QED) is 0.663. The van der Waals surface area contributed by atoms with E-state index in [0.29, 0.717) is 13.0 Å². The van der Waals surface area contributed by atoms with Gasteiger partial charge in [0.05, 0.1) is 6.33 Å². The second kappa shape index (κ2) is 6.97. The largest absolute Gasteiger partial charge is 0.586 e. The highest BCUT2D eigenvalue weighted by molar-refractivity contribution is 5.91. The van der Waals surface area contributed by atoms with Crippen LogP contribution < -0.4 is 26.0 Å². The lowest BCUT2D eigenvalue weighted by Gasteiger charge is -2.08. The first-order valence-corrected chi connectivity index (χ1v) is 8.97. The summed E-state index contributed by atoms with van der Waals surface area (Å²) in [6, 6.07) is 3.96. The Morgan fingerprint density at radius 2 is 1.90 bits per heavy atom. The molecule has 0 saturated heterocycles. The van der Waals surface area contributed by atoms with Gasteiger partial charge in [0.1, 0.15) is 0 Å². The van der Waals surface area contributed by atoms with E-state index < -0.39 is 17.5 Å². The standard InChI is InChI=1S/C18H17F2N5O5/c1-23-15-14(16(27)24(2)17(23)28)25(9-21-15)7-3-4-13(26)22-10-5-6-11-12(8-10)30-18(19,20)29-11/h5-6,8-9H,3-4,7H2,1-2H3,(H,22,26). The molecule has 0 fully saturated rings. The van der Waals surface area contributed by atoms with E-state index in [2.05, 4.69) is 19.8 Å². The summed E-state index contributed by atoms with van der Waals surface area (Å²) < 4.78 is 38.6. The first kappa shape index (κ1) is 19.6. The van der Waals surface area contributed by atoms with Crippen molar-refractivity contribution in [2.45, 2.75) is 25.7 Å². The number of aromatic nitrogens is 4. The van der Waals surface area contributed by atoms with Gasteiger partial charge in [-0.05, 0) is 18.6 Å². The smallest absolute Gasteiger partial charge is 0.395 e. The third-order valence-corrected chi connectivity index (χ3v) is 4.71. The molecular weight excluding hydrogens is 404 g/mol. The lowest BCUT2D eigenvalue weighted by Crippen LogP contribution is -2.37. The molecule has 4 rings (SSSR count). The van der Waals surface area contributed by atoms with Gasteiger partial charge in [0.25, 0.3) is 5.56 Å². The normalized spacial score (nSPS) is 14.3. The van der Waals surface area contributed by atoms with Crippen LogP contribution in [0, 0.1) is 0 Å². The fraction of sp³-hybridized carbons (Fsp3) is 0.333. The van der Waals surface area contributed by atoms with Crippen LogP contribution >= 0.6 is 0 Å². The van der Waals surface area contributed by atoms with Crippen molar-refractivity contribution in [3.63, 3.8) is 0 Å². The van der Waals surface area contributed by atoms with Crippen LogP contribution in [-0.4, -0.2) is 30.9 Å². The molecule has 2 aromatic heterocycles. The van der Waals surface area contributed by atoms with Gasteiger partial charge < -0.3 is 19.4 Å². The van der Waals surface area contributed by atoms with E-state index >= 15 is 0 Å². The van der Waals surface area contributed by atoms with Crippen LogP contribution in [0.4, 0.5) is 14.5 Å². The van der Waals surface area contributed by atoms with Crippen molar-refractivity contribution in [1.29, 1.82) is 0 Å². The molecule has 3 heterocycles. The molecule has 1 amide bonds. The number of anilines is 1. The fourth-order valence-corrected chi connectivity index (χ4v) is 3.23. The van der Waals surface area contributed by atoms with Gasteiger partial charge in [-0.1, -0.05) is 0 Å². The summed E-state index contributed by atoms with van der Waals surface area (Å²) in [6.45, 7) is 0.324. The number of amides is 1. The number of benzene rings is 1. The summed E-state index contributed by atoms with van der Waals surface area (Å²) >= 11 is 0. The van der Waals surface area contributed by atoms with Crippen LogP contribution in [0.2, 0.25) is 0 Å². The summed E-state index contributed by atoms with van der Waals surface area (Å²) in [5.41, 5.74) is -0.107. The molecule has 1 aliphatic heterocycles. The number of alkyl halides is 2. The summed E-state index contributed by atoms with van der Waals surface area (Å²) in [4.78, 5) is 40.7. The molecule has 0 atom stereocenters. The van der Waals surface area contributed by atoms with Crippen molar-refractivity contribution in [2.75, 3.05) is 5.32 Å². The number of carbonyl (C=O) groups excluding carboxylic acids is 1. The Balaban J connectivity index is 1.40. The van der Waals surface area contributed by atoms with Gasteiger partial charge in [-0.2, -0.15) is 0 Å². The molecule has 10 nitrogen and oxygen atoms in total. The summed E-state index contributed by atoms with van der Waals surface area (Å²) in [7, 11) is 2.91. The van der Waals surface area contributed by atoms with Crippen LogP contribution in [0.15, 0.2) is 34.1 Å². The number of nitrogens with zero attached hydrogens (tertiary/aromatic N) is 4. The van der Waals surface area contributed by atoms with E-state index in [1.165, 1.54) is 43.2 Å². The maximum atomic E-state index is 13.1. The number of fused-ring (bicyclic) bond motifs is 2. The van der Waals surface area contributed by atoms with Crippen molar-refractivity contribution in [2.24, 2.45) is 14.1 Å². The summed E-state index contributed by atoms with van der Waals surface area (Å²) in [5.74, 6) is -0.615. The van der Waals surface area contributed by atoms with Crippen LogP contribution in [0.5, 0.6) is 11.5 Å². The van der Waals surface area contributed by atoms with E-state index in [1.54, 1.807) is 4.57 Å². The molecular formula is C18H17F2N5O5. The minimum absolute atomic E-state index is 0.107. The average Bonchev–Trinajstić information content (AvgIpc) is 3.23. The Bertz CT molecular complexity index is 1280. The van der Waals surface area contributed by atoms with E-state index in [0.717, 1.165) is 4.57 Å². The molecule has 0 aliphatic carbocycles. The molecule has 12 heteroatoms. The number of hydrogen-bond donors (Lipinski definition) is 1. The maximum absolute atomic E-state index is 13.1. The SMILES string of the molecule is Cn1c(=O)c2c(ncn2CCCC(=O)Nc2ccc3c(c2)OC(F)(F)O3)n(C)c1=O. The van der Waals surface area contributed by atoms with Gasteiger partial charge in [-0.15, -0.1) is 8.78 Å². The molecule has 1 aromatic carbocycles. The Morgan fingerprint density at radius 1 is 1.17 bits per heavy atom. The zero-order chi connectivity index (χ0) is 21.6. The molecule has 0 unspecified atom stereocenters. The third-order valence-electron chi connectivity index (χ3n) is 4.71. The number of halogens is 2. The Kier molecular flexibility index (Phi) is 4.56. The molecule has 0 radical (unpaired) electrons. The van der Waals surface area contributed by atoms with Gasteiger partial charge in [0.15, 0.2) is 22.7 Å². The van der Waals surface area contributed by atoms with Gasteiger partial charge in [-0.25, -0.2) is 9.78 Å². The number of carbonyl (C=O) groups is 1. The molecule has 30 heavy (non-hydrogen) atoms. The van der Waals surface area contributed by atoms with Crippen molar-refractivity contribution >= 4 is 22.8 Å². The van der Waals surface area contributed by atoms with E-state index in [4.69, 9.17) is 0 Å². The summed E-state index contributed by atoms with van der Waals surface area (Å²) in [5, 5.41) is 2.60. The molecule has 0 spiro atoms. The number of rotatable bonds is 5. The predicted octanol–water partition coefficient (Wildman–Crippen LogP) is 1.17. The molecule has 1 N–H and O–H groups in total. The van der Waals surface area contributed by atoms with E-state index in [1.807, 2.05) is 0 Å². The van der Waals surface area contributed by atoms with Gasteiger partial charge in [-0.3, -0.25) is 18.7 Å². The molecule has 158 valence electrons. The van der Waals surface area contributed by atoms with Gasteiger partial charge >= 0.3 is 12.0 Å². The van der Waals surface area contributed by atoms with E-state index in [-0.39, 0.29) is 40.7 Å². The fourth-order valence-electron chi connectivity index (χ4n) is 3.23. The van der Waals surface area contributed by atoms with E-state index in [9.17, 15) is 23.2 Å². The summed E-state index contributed by atoms with van der Waals surface area (Å²) in [6.07, 6.45) is -1.79. The number of aryl methyl sites for hydroxylation is 2. The van der Waals surface area contributed by atoms with Gasteiger partial charge in [0.2, 0.25) is 5.91 Å². The van der Waals surface area contributed by atoms with Crippen LogP contribution in [0.25, 0.3) is 11.2 Å². The lowest BCUT2D eigenvalue weighted by atomic mass is 10.2. The van der Waals surface area contributed by atoms with Crippen molar-refractivity contribution in [3.8, 4) is 11.5 Å². The Labute approximate surface area is 167 Å². The number of nitrogens with one attached hydrogen (secondary N) is 1. The van der Waals surface area contributed by atoms with Crippen molar-refractivity contribution in [3.05, 3.63) is 45.4 Å². The number of imidazole rings is 1. The minimum Gasteiger partial charge on any atom is -0.395 e. The highest BCUT2D eigenvalue weighted by Crippen LogP contribution is 2.42. The molecule has 3 aromatic rings. The van der Waals surface area contributed by atoms with Crippen LogP contribution in [0.3, 0.4) is 0 Å². The first-order valence-electron chi connectivity index (χ1n) is 8.97. The third kappa shape index (κ3) is 3.40. The highest BCUT2D eigenvalue weighted by Gasteiger charge is 2.43. The van der Waals surface area contributed by atoms with Crippen molar-refractivity contribution in [1.82, 2.24) is 18.7 Å².